The normalized spacial score (nSPS) is 18.5. The first-order valence-corrected chi connectivity index (χ1v) is 17.0. The predicted octanol–water partition coefficient (Wildman–Crippen LogP) is 8.40. The topological polar surface area (TPSA) is 0 Å². The number of hydrogen-bond acceptors (Lipinski definition) is 0. The molecule has 2 bridgehead atoms. The monoisotopic (exact) mass is 646 g/mol. The van der Waals surface area contributed by atoms with Crippen LogP contribution in [-0.4, -0.2) is 17.5 Å². The molecule has 0 saturated carbocycles. The second-order valence-electron chi connectivity index (χ2n) is 7.13. The summed E-state index contributed by atoms with van der Waals surface area (Å²) in [6.45, 7) is 13.0. The van der Waals surface area contributed by atoms with Crippen LogP contribution in [0.3, 0.4) is 0 Å². The molecule has 1 aromatic rings. The van der Waals surface area contributed by atoms with Crippen LogP contribution in [0.5, 0.6) is 0 Å². The van der Waals surface area contributed by atoms with Gasteiger partial charge < -0.3 is 0 Å². The van der Waals surface area contributed by atoms with E-state index in [0.29, 0.717) is 0 Å². The summed E-state index contributed by atoms with van der Waals surface area (Å²) in [5.41, 5.74) is 1.55. The molecule has 0 aromatic heterocycles. The van der Waals surface area contributed by atoms with Crippen molar-refractivity contribution in [2.24, 2.45) is 0 Å². The average molecular weight is 646 g/mol. The van der Waals surface area contributed by atoms with Crippen LogP contribution in [0, 0.1) is 23.3 Å². The SMILES string of the molecule is C=CCP(C(C)C)C(C)C.Fc1c(F)c(F)c2c(c1F)C1C=CC2C=C1.[Cl][Os][Cl]. The maximum absolute atomic E-state index is 13.5. The summed E-state index contributed by atoms with van der Waals surface area (Å²) in [4.78, 5) is 0. The second-order valence-corrected chi connectivity index (χ2v) is 14.3. The standard InChI is InChI=1S/C12H6F4.C9H19P.2ClH.Os/c13-9-7-5-1-2-6(4-3-5)8(7)10(14)12(16)11(9)15;1-6-7-10(8(2)3)9(4)5;;;/h1-6H;6,8-9H,1,7H2,2-5H3;2*1H;/q;;;;+2/p-2. The minimum atomic E-state index is -1.73. The Morgan fingerprint density at radius 3 is 1.38 bits per heavy atom. The van der Waals surface area contributed by atoms with Crippen LogP contribution in [0.1, 0.15) is 50.7 Å². The molecule has 3 aliphatic carbocycles. The molecule has 0 amide bonds. The fourth-order valence-electron chi connectivity index (χ4n) is 3.48. The molecule has 0 nitrogen and oxygen atoms in total. The first-order chi connectivity index (χ1) is 13.6. The van der Waals surface area contributed by atoms with Gasteiger partial charge >= 0.3 is 34.7 Å². The van der Waals surface area contributed by atoms with E-state index in [2.05, 4.69) is 40.3 Å². The summed E-state index contributed by atoms with van der Waals surface area (Å²) in [7, 11) is 10.0. The van der Waals surface area contributed by atoms with Gasteiger partial charge in [0.1, 0.15) is 0 Å². The summed E-state index contributed by atoms with van der Waals surface area (Å²) >= 11 is -0.639. The van der Waals surface area contributed by atoms with E-state index in [-0.39, 0.29) is 19.0 Å². The molecule has 0 spiro atoms. The quantitative estimate of drug-likeness (QED) is 0.102. The molecule has 8 heteroatoms. The van der Waals surface area contributed by atoms with E-state index < -0.39 is 50.5 Å². The first kappa shape index (κ1) is 26.8. The number of allylic oxidation sites excluding steroid dienone is 5. The van der Waals surface area contributed by atoms with Crippen LogP contribution in [0.2, 0.25) is 0 Å². The Bertz CT molecular complexity index is 697. The third-order valence-electron chi connectivity index (χ3n) is 4.73. The van der Waals surface area contributed by atoms with Gasteiger partial charge in [-0.2, -0.15) is 0 Å². The van der Waals surface area contributed by atoms with Gasteiger partial charge in [-0.15, -0.1) is 6.58 Å². The Morgan fingerprint density at radius 2 is 1.17 bits per heavy atom. The van der Waals surface area contributed by atoms with E-state index in [1.807, 2.05) is 0 Å². The van der Waals surface area contributed by atoms with E-state index in [9.17, 15) is 17.6 Å². The van der Waals surface area contributed by atoms with Crippen molar-refractivity contribution < 1.29 is 33.0 Å². The van der Waals surface area contributed by atoms with Crippen molar-refractivity contribution in [2.75, 3.05) is 6.16 Å². The van der Waals surface area contributed by atoms with Gasteiger partial charge in [0.2, 0.25) is 0 Å². The summed E-state index contributed by atoms with van der Waals surface area (Å²) in [6, 6.07) is 0. The van der Waals surface area contributed by atoms with Crippen molar-refractivity contribution in [3.63, 3.8) is 0 Å². The third-order valence-corrected chi connectivity index (χ3v) is 8.06. The zero-order chi connectivity index (χ0) is 22.3. The van der Waals surface area contributed by atoms with Crippen LogP contribution < -0.4 is 0 Å². The molecule has 29 heavy (non-hydrogen) atoms. The van der Waals surface area contributed by atoms with Gasteiger partial charge in [-0.1, -0.05) is 66.0 Å². The fraction of sp³-hybridized carbons (Fsp3) is 0.429. The zero-order valence-electron chi connectivity index (χ0n) is 16.7. The van der Waals surface area contributed by atoms with Gasteiger partial charge in [0.25, 0.3) is 0 Å². The molecular weight excluding hydrogens is 620 g/mol. The van der Waals surface area contributed by atoms with Crippen LogP contribution in [-0.2, 0) is 15.4 Å². The third kappa shape index (κ3) is 6.64. The minimum absolute atomic E-state index is 0.0774. The molecule has 0 fully saturated rings. The first-order valence-electron chi connectivity index (χ1n) is 9.06. The Kier molecular flexibility index (Phi) is 11.7. The molecule has 0 atom stereocenters. The van der Waals surface area contributed by atoms with Gasteiger partial charge in [-0.3, -0.25) is 0 Å². The van der Waals surface area contributed by atoms with Crippen LogP contribution in [0.4, 0.5) is 17.6 Å². The molecule has 0 aliphatic heterocycles. The summed E-state index contributed by atoms with van der Waals surface area (Å²) in [6.07, 6.45) is 9.93. The van der Waals surface area contributed by atoms with E-state index in [0.717, 1.165) is 11.3 Å². The van der Waals surface area contributed by atoms with Crippen LogP contribution in [0.15, 0.2) is 37.0 Å². The second kappa shape index (κ2) is 12.6. The van der Waals surface area contributed by atoms with Gasteiger partial charge in [0.05, 0.1) is 0 Å². The van der Waals surface area contributed by atoms with Crippen LogP contribution in [0.25, 0.3) is 0 Å². The van der Waals surface area contributed by atoms with Gasteiger partial charge in [-0.25, -0.2) is 17.6 Å². The van der Waals surface area contributed by atoms with Crippen molar-refractivity contribution in [3.8, 4) is 0 Å². The molecule has 1 aromatic carbocycles. The van der Waals surface area contributed by atoms with E-state index in [4.69, 9.17) is 19.3 Å². The maximum atomic E-state index is 13.5. The zero-order valence-corrected chi connectivity index (χ0v) is 21.6. The molecule has 3 aliphatic rings. The summed E-state index contributed by atoms with van der Waals surface area (Å²) in [5.74, 6) is -7.01. The number of rotatable bonds is 4. The molecule has 0 unspecified atom stereocenters. The van der Waals surface area contributed by atoms with E-state index >= 15 is 0 Å². The molecule has 0 heterocycles. The summed E-state index contributed by atoms with van der Waals surface area (Å²) in [5, 5.41) is 0. The molecule has 4 rings (SSSR count). The predicted molar refractivity (Wildman–Crippen MR) is 114 cm³/mol. The Hall–Kier alpha value is -0.194. The van der Waals surface area contributed by atoms with Crippen molar-refractivity contribution in [2.45, 2.75) is 50.8 Å². The van der Waals surface area contributed by atoms with Crippen molar-refractivity contribution in [3.05, 3.63) is 71.4 Å². The van der Waals surface area contributed by atoms with Crippen molar-refractivity contribution in [1.29, 1.82) is 0 Å². The van der Waals surface area contributed by atoms with Gasteiger partial charge in [-0.05, 0) is 17.5 Å². The van der Waals surface area contributed by atoms with Crippen molar-refractivity contribution in [1.82, 2.24) is 0 Å². The average Bonchev–Trinajstić information content (AvgIpc) is 2.69. The number of hydrogen-bond donors (Lipinski definition) is 0. The number of benzene rings is 1. The Labute approximate surface area is 188 Å². The van der Waals surface area contributed by atoms with E-state index in [1.165, 1.54) is 6.16 Å². The Morgan fingerprint density at radius 1 is 0.862 bits per heavy atom. The molecule has 164 valence electrons. The number of halogens is 6. The van der Waals surface area contributed by atoms with Crippen LogP contribution >= 0.6 is 27.2 Å². The van der Waals surface area contributed by atoms with Crippen molar-refractivity contribution >= 4 is 27.2 Å². The molecule has 0 saturated heterocycles. The van der Waals surface area contributed by atoms with E-state index in [1.54, 1.807) is 24.3 Å². The van der Waals surface area contributed by atoms with Gasteiger partial charge in [0, 0.05) is 23.0 Å². The molecule has 0 radical (unpaired) electrons. The summed E-state index contributed by atoms with van der Waals surface area (Å²) < 4.78 is 53.2. The fourth-order valence-corrected chi connectivity index (χ4v) is 5.81. The molecular formula is C21H25Cl2F4OsP. The van der Waals surface area contributed by atoms with Gasteiger partial charge in [0.15, 0.2) is 23.3 Å². The molecule has 0 N–H and O–H groups in total. The Balaban J connectivity index is 0.000000281.